The Hall–Kier alpha value is -2.55. The molecule has 5 aromatic rings. The van der Waals surface area contributed by atoms with Gasteiger partial charge in [0.15, 0.2) is 11.6 Å². The fraction of sp³-hybridized carbons (Fsp3) is 0.0870. The summed E-state index contributed by atoms with van der Waals surface area (Å²) in [6, 6.07) is 17.4. The summed E-state index contributed by atoms with van der Waals surface area (Å²) < 4.78 is 9.46. The van der Waals surface area contributed by atoms with Crippen LogP contribution in [0, 0.1) is 0 Å². The van der Waals surface area contributed by atoms with Gasteiger partial charge in [0.05, 0.1) is 20.4 Å². The molecule has 0 radical (unpaired) electrons. The lowest BCUT2D eigenvalue weighted by Gasteiger charge is -2.10. The highest BCUT2D eigenvalue weighted by Crippen LogP contribution is 2.38. The Morgan fingerprint density at radius 3 is 2.77 bits per heavy atom. The SMILES string of the molecule is CCn1c(-c2ccc(C(=O)Oc3c(Br)cc(Br)c4cccnc34)s2)nc2ccccc21. The van der Waals surface area contributed by atoms with E-state index in [1.165, 1.54) is 11.3 Å². The maximum absolute atomic E-state index is 13.0. The van der Waals surface area contributed by atoms with E-state index in [1.54, 1.807) is 12.3 Å². The smallest absolute Gasteiger partial charge is 0.353 e. The number of ether oxygens (including phenoxy) is 1. The van der Waals surface area contributed by atoms with Gasteiger partial charge in [0.1, 0.15) is 10.4 Å². The van der Waals surface area contributed by atoms with E-state index >= 15 is 0 Å². The Morgan fingerprint density at radius 1 is 1.10 bits per heavy atom. The molecule has 0 N–H and O–H groups in total. The minimum absolute atomic E-state index is 0.402. The van der Waals surface area contributed by atoms with Crippen LogP contribution in [0.3, 0.4) is 0 Å². The van der Waals surface area contributed by atoms with Crippen molar-refractivity contribution < 1.29 is 9.53 Å². The average molecular weight is 557 g/mol. The number of halogens is 2. The van der Waals surface area contributed by atoms with Crippen LogP contribution >= 0.6 is 43.2 Å². The molecular formula is C23H15Br2N3O2S. The first-order chi connectivity index (χ1) is 15.1. The standard InChI is InChI=1S/C23H15Br2N3O2S/c1-2-28-17-8-4-3-7-16(17)27-22(28)18-9-10-19(31-18)23(29)30-21-15(25)12-14(24)13-6-5-11-26-20(13)21/h3-12H,2H2,1H3. The van der Waals surface area contributed by atoms with E-state index < -0.39 is 5.97 Å². The molecule has 0 atom stereocenters. The van der Waals surface area contributed by atoms with E-state index in [1.807, 2.05) is 42.5 Å². The fourth-order valence-corrected chi connectivity index (χ4v) is 5.77. The molecule has 2 aromatic carbocycles. The Kier molecular flexibility index (Phi) is 5.37. The quantitative estimate of drug-likeness (QED) is 0.175. The van der Waals surface area contributed by atoms with E-state index in [9.17, 15) is 4.79 Å². The van der Waals surface area contributed by atoms with Gasteiger partial charge >= 0.3 is 5.97 Å². The second-order valence-corrected chi connectivity index (χ2v) is 9.58. The average Bonchev–Trinajstić information content (AvgIpc) is 3.41. The highest BCUT2D eigenvalue weighted by atomic mass is 79.9. The fourth-order valence-electron chi connectivity index (χ4n) is 3.54. The van der Waals surface area contributed by atoms with E-state index in [4.69, 9.17) is 9.72 Å². The molecule has 0 amide bonds. The van der Waals surface area contributed by atoms with Gasteiger partial charge < -0.3 is 9.30 Å². The van der Waals surface area contributed by atoms with E-state index in [0.29, 0.717) is 20.6 Å². The van der Waals surface area contributed by atoms with Crippen molar-refractivity contribution in [3.63, 3.8) is 0 Å². The highest BCUT2D eigenvalue weighted by Gasteiger charge is 2.20. The molecule has 31 heavy (non-hydrogen) atoms. The zero-order valence-corrected chi connectivity index (χ0v) is 20.3. The molecule has 0 aliphatic rings. The summed E-state index contributed by atoms with van der Waals surface area (Å²) in [5.41, 5.74) is 2.63. The summed E-state index contributed by atoms with van der Waals surface area (Å²) >= 11 is 8.39. The summed E-state index contributed by atoms with van der Waals surface area (Å²) in [6.07, 6.45) is 1.68. The number of fused-ring (bicyclic) bond motifs is 2. The third-order valence-corrected chi connectivity index (χ3v) is 7.25. The molecule has 0 aliphatic carbocycles. The lowest BCUT2D eigenvalue weighted by atomic mass is 10.2. The van der Waals surface area contributed by atoms with Gasteiger partial charge in [0, 0.05) is 22.6 Å². The van der Waals surface area contributed by atoms with Crippen molar-refractivity contribution in [3.8, 4) is 16.5 Å². The first-order valence-corrected chi connectivity index (χ1v) is 12.0. The van der Waals surface area contributed by atoms with Gasteiger partial charge in [-0.15, -0.1) is 11.3 Å². The van der Waals surface area contributed by atoms with Gasteiger partial charge in [-0.05, 0) is 59.3 Å². The van der Waals surface area contributed by atoms with Crippen LogP contribution in [-0.2, 0) is 6.54 Å². The number of thiophene rings is 1. The van der Waals surface area contributed by atoms with Crippen molar-refractivity contribution in [1.29, 1.82) is 0 Å². The van der Waals surface area contributed by atoms with Crippen LogP contribution in [0.1, 0.15) is 16.6 Å². The van der Waals surface area contributed by atoms with E-state index in [2.05, 4.69) is 54.4 Å². The molecule has 0 spiro atoms. The number of rotatable bonds is 4. The molecule has 0 unspecified atom stereocenters. The molecule has 0 aliphatic heterocycles. The van der Waals surface area contributed by atoms with Crippen LogP contribution in [-0.4, -0.2) is 20.5 Å². The number of para-hydroxylation sites is 2. The highest BCUT2D eigenvalue weighted by molar-refractivity contribution is 9.11. The molecule has 8 heteroatoms. The van der Waals surface area contributed by atoms with Crippen LogP contribution in [0.25, 0.3) is 32.6 Å². The first kappa shape index (κ1) is 20.4. The van der Waals surface area contributed by atoms with Crippen molar-refractivity contribution in [1.82, 2.24) is 14.5 Å². The maximum atomic E-state index is 13.0. The number of pyridine rings is 1. The summed E-state index contributed by atoms with van der Waals surface area (Å²) in [5.74, 6) is 0.828. The molecule has 0 fully saturated rings. The first-order valence-electron chi connectivity index (χ1n) is 9.57. The number of hydrogen-bond acceptors (Lipinski definition) is 5. The zero-order chi connectivity index (χ0) is 21.5. The molecule has 5 nitrogen and oxygen atoms in total. The van der Waals surface area contributed by atoms with E-state index in [0.717, 1.165) is 38.1 Å². The van der Waals surface area contributed by atoms with Crippen LogP contribution in [0.5, 0.6) is 5.75 Å². The number of carbonyl (C=O) groups is 1. The second-order valence-electron chi connectivity index (χ2n) is 6.79. The molecule has 3 heterocycles. The number of hydrogen-bond donors (Lipinski definition) is 0. The lowest BCUT2D eigenvalue weighted by molar-refractivity contribution is 0.0740. The van der Waals surface area contributed by atoms with Gasteiger partial charge in [-0.2, -0.15) is 0 Å². The third kappa shape index (κ3) is 3.58. The van der Waals surface area contributed by atoms with Gasteiger partial charge in [-0.3, -0.25) is 4.98 Å². The normalized spacial score (nSPS) is 11.3. The number of aryl methyl sites for hydroxylation is 1. The number of carbonyl (C=O) groups excluding carboxylic acids is 1. The van der Waals surface area contributed by atoms with Crippen molar-refractivity contribution in [2.24, 2.45) is 0 Å². The van der Waals surface area contributed by atoms with Crippen LogP contribution in [0.2, 0.25) is 0 Å². The second kappa shape index (κ2) is 8.18. The molecule has 0 bridgehead atoms. The third-order valence-electron chi connectivity index (χ3n) is 4.94. The molecule has 5 rings (SSSR count). The summed E-state index contributed by atoms with van der Waals surface area (Å²) in [5, 5.41) is 0.872. The van der Waals surface area contributed by atoms with Crippen LogP contribution in [0.15, 0.2) is 69.7 Å². The van der Waals surface area contributed by atoms with Crippen molar-refractivity contribution in [2.75, 3.05) is 0 Å². The topological polar surface area (TPSA) is 57.0 Å². The predicted molar refractivity (Wildman–Crippen MR) is 131 cm³/mol. The summed E-state index contributed by atoms with van der Waals surface area (Å²) in [7, 11) is 0. The molecule has 0 saturated carbocycles. The number of benzene rings is 2. The Labute approximate surface area is 199 Å². The van der Waals surface area contributed by atoms with Crippen molar-refractivity contribution >= 4 is 71.1 Å². The van der Waals surface area contributed by atoms with Crippen molar-refractivity contribution in [3.05, 3.63) is 74.6 Å². The maximum Gasteiger partial charge on any atom is 0.353 e. The van der Waals surface area contributed by atoms with Gasteiger partial charge in [0.25, 0.3) is 0 Å². The Morgan fingerprint density at radius 2 is 1.94 bits per heavy atom. The monoisotopic (exact) mass is 555 g/mol. The van der Waals surface area contributed by atoms with Gasteiger partial charge in [0.2, 0.25) is 0 Å². The summed E-state index contributed by atoms with van der Waals surface area (Å²) in [4.78, 5) is 23.6. The Balaban J connectivity index is 1.51. The minimum atomic E-state index is -0.426. The predicted octanol–water partition coefficient (Wildman–Crippen LogP) is 7.08. The molecule has 154 valence electrons. The van der Waals surface area contributed by atoms with Crippen LogP contribution < -0.4 is 4.74 Å². The lowest BCUT2D eigenvalue weighted by Crippen LogP contribution is -2.07. The number of nitrogens with zero attached hydrogens (tertiary/aromatic N) is 3. The molecular weight excluding hydrogens is 542 g/mol. The Bertz CT molecular complexity index is 1460. The summed E-state index contributed by atoms with van der Waals surface area (Å²) in [6.45, 7) is 2.88. The largest absolute Gasteiger partial charge is 0.419 e. The van der Waals surface area contributed by atoms with Crippen LogP contribution in [0.4, 0.5) is 0 Å². The molecule has 3 aromatic heterocycles. The number of esters is 1. The zero-order valence-electron chi connectivity index (χ0n) is 16.3. The number of aromatic nitrogens is 3. The minimum Gasteiger partial charge on any atom is -0.419 e. The molecule has 0 saturated heterocycles. The van der Waals surface area contributed by atoms with Crippen molar-refractivity contribution in [2.45, 2.75) is 13.5 Å². The van der Waals surface area contributed by atoms with E-state index in [-0.39, 0.29) is 0 Å². The van der Waals surface area contributed by atoms with Gasteiger partial charge in [-0.25, -0.2) is 9.78 Å². The van der Waals surface area contributed by atoms with Gasteiger partial charge in [-0.1, -0.05) is 34.1 Å². The number of imidazole rings is 1.